The van der Waals surface area contributed by atoms with Gasteiger partial charge in [-0.2, -0.15) is 0 Å². The minimum atomic E-state index is -0.531. The first-order chi connectivity index (χ1) is 5.88. The van der Waals surface area contributed by atoms with Crippen LogP contribution >= 0.6 is 0 Å². The van der Waals surface area contributed by atoms with E-state index in [1.165, 1.54) is 12.8 Å². The summed E-state index contributed by atoms with van der Waals surface area (Å²) in [6.07, 6.45) is 4.23. The predicted octanol–water partition coefficient (Wildman–Crippen LogP) is 0.580. The third-order valence-corrected chi connectivity index (χ3v) is 2.87. The highest BCUT2D eigenvalue weighted by Crippen LogP contribution is 2.21. The van der Waals surface area contributed by atoms with Gasteiger partial charge in [-0.15, -0.1) is 0 Å². The second kappa shape index (κ2) is 3.73. The zero-order chi connectivity index (χ0) is 8.39. The Morgan fingerprint density at radius 1 is 1.17 bits per heavy atom. The molecule has 0 aliphatic carbocycles. The topological polar surface area (TPSA) is 32.7 Å². The van der Waals surface area contributed by atoms with E-state index >= 15 is 0 Å². The number of nitrogens with zero attached hydrogens (tertiary/aromatic N) is 1. The molecular weight excluding hydrogens is 154 g/mol. The van der Waals surface area contributed by atoms with E-state index in [-0.39, 0.29) is 6.04 Å². The molecule has 0 radical (unpaired) electrons. The number of ether oxygens (including phenoxy) is 1. The van der Waals surface area contributed by atoms with Crippen molar-refractivity contribution < 1.29 is 9.84 Å². The maximum Gasteiger partial charge on any atom is 0.170 e. The lowest BCUT2D eigenvalue weighted by Crippen LogP contribution is -2.46. The van der Waals surface area contributed by atoms with Crippen LogP contribution in [-0.2, 0) is 4.74 Å². The SMILES string of the molecule is OC1OCCCC1N1CCCC1. The van der Waals surface area contributed by atoms with Gasteiger partial charge in [0.2, 0.25) is 0 Å². The Labute approximate surface area is 73.3 Å². The highest BCUT2D eigenvalue weighted by Gasteiger charge is 2.30. The number of hydrogen-bond acceptors (Lipinski definition) is 3. The molecule has 3 nitrogen and oxygen atoms in total. The van der Waals surface area contributed by atoms with Gasteiger partial charge < -0.3 is 9.84 Å². The molecule has 2 aliphatic heterocycles. The summed E-state index contributed by atoms with van der Waals surface area (Å²) in [5.74, 6) is 0. The van der Waals surface area contributed by atoms with Crippen molar-refractivity contribution >= 4 is 0 Å². The van der Waals surface area contributed by atoms with E-state index in [0.717, 1.165) is 32.5 Å². The van der Waals surface area contributed by atoms with Crippen molar-refractivity contribution in [3.63, 3.8) is 0 Å². The number of likely N-dealkylation sites (tertiary alicyclic amines) is 1. The normalized spacial score (nSPS) is 38.8. The third kappa shape index (κ3) is 1.63. The van der Waals surface area contributed by atoms with E-state index in [0.29, 0.717) is 0 Å². The lowest BCUT2D eigenvalue weighted by molar-refractivity contribution is -0.164. The van der Waals surface area contributed by atoms with Crippen LogP contribution in [0.4, 0.5) is 0 Å². The van der Waals surface area contributed by atoms with E-state index in [1.54, 1.807) is 0 Å². The molecule has 2 unspecified atom stereocenters. The fourth-order valence-corrected chi connectivity index (χ4v) is 2.19. The first-order valence-corrected chi connectivity index (χ1v) is 4.91. The Hall–Kier alpha value is -0.120. The zero-order valence-electron chi connectivity index (χ0n) is 7.41. The number of rotatable bonds is 1. The van der Waals surface area contributed by atoms with Crippen molar-refractivity contribution in [1.82, 2.24) is 4.90 Å². The minimum Gasteiger partial charge on any atom is -0.367 e. The van der Waals surface area contributed by atoms with Crippen LogP contribution in [0.3, 0.4) is 0 Å². The molecule has 2 saturated heterocycles. The minimum absolute atomic E-state index is 0.279. The van der Waals surface area contributed by atoms with Crippen LogP contribution in [0.15, 0.2) is 0 Å². The van der Waals surface area contributed by atoms with Gasteiger partial charge in [0.05, 0.1) is 6.04 Å². The molecule has 3 heteroatoms. The van der Waals surface area contributed by atoms with Crippen molar-refractivity contribution in [2.75, 3.05) is 19.7 Å². The van der Waals surface area contributed by atoms with Crippen LogP contribution in [0, 0.1) is 0 Å². The smallest absolute Gasteiger partial charge is 0.170 e. The van der Waals surface area contributed by atoms with Gasteiger partial charge in [-0.1, -0.05) is 0 Å². The molecule has 2 heterocycles. The molecule has 0 spiro atoms. The van der Waals surface area contributed by atoms with Gasteiger partial charge in [0.1, 0.15) is 0 Å². The first-order valence-electron chi connectivity index (χ1n) is 4.91. The molecule has 0 aromatic heterocycles. The predicted molar refractivity (Wildman–Crippen MR) is 45.8 cm³/mol. The molecule has 2 atom stereocenters. The Balaban J connectivity index is 1.91. The van der Waals surface area contributed by atoms with Crippen LogP contribution < -0.4 is 0 Å². The van der Waals surface area contributed by atoms with E-state index in [1.807, 2.05) is 0 Å². The summed E-state index contributed by atoms with van der Waals surface area (Å²) in [4.78, 5) is 2.36. The lowest BCUT2D eigenvalue weighted by Gasteiger charge is -2.34. The Kier molecular flexibility index (Phi) is 2.63. The molecule has 1 N–H and O–H groups in total. The molecule has 0 aromatic carbocycles. The Morgan fingerprint density at radius 2 is 1.92 bits per heavy atom. The molecule has 0 amide bonds. The third-order valence-electron chi connectivity index (χ3n) is 2.87. The van der Waals surface area contributed by atoms with Crippen molar-refractivity contribution in [3.05, 3.63) is 0 Å². The van der Waals surface area contributed by atoms with Crippen LogP contribution in [-0.4, -0.2) is 42.0 Å². The second-order valence-electron chi connectivity index (χ2n) is 3.71. The van der Waals surface area contributed by atoms with Crippen molar-refractivity contribution in [3.8, 4) is 0 Å². The van der Waals surface area contributed by atoms with Crippen molar-refractivity contribution in [1.29, 1.82) is 0 Å². The van der Waals surface area contributed by atoms with Gasteiger partial charge in [-0.25, -0.2) is 0 Å². The fraction of sp³-hybridized carbons (Fsp3) is 1.00. The lowest BCUT2D eigenvalue weighted by atomic mass is 10.1. The van der Waals surface area contributed by atoms with Gasteiger partial charge in [0.25, 0.3) is 0 Å². The van der Waals surface area contributed by atoms with Crippen molar-refractivity contribution in [2.45, 2.75) is 38.0 Å². The molecule has 70 valence electrons. The number of aliphatic hydroxyl groups is 1. The fourth-order valence-electron chi connectivity index (χ4n) is 2.19. The second-order valence-corrected chi connectivity index (χ2v) is 3.71. The highest BCUT2D eigenvalue weighted by molar-refractivity contribution is 4.80. The van der Waals surface area contributed by atoms with E-state index in [4.69, 9.17) is 4.74 Å². The van der Waals surface area contributed by atoms with Crippen molar-refractivity contribution in [2.24, 2.45) is 0 Å². The summed E-state index contributed by atoms with van der Waals surface area (Å²) in [6, 6.07) is 0.279. The average molecular weight is 171 g/mol. The molecular formula is C9H17NO2. The Morgan fingerprint density at radius 3 is 2.58 bits per heavy atom. The summed E-state index contributed by atoms with van der Waals surface area (Å²) in [6.45, 7) is 3.02. The van der Waals surface area contributed by atoms with Gasteiger partial charge in [0.15, 0.2) is 6.29 Å². The van der Waals surface area contributed by atoms with Crippen LogP contribution in [0.25, 0.3) is 0 Å². The zero-order valence-corrected chi connectivity index (χ0v) is 7.41. The Bertz CT molecular complexity index is 145. The van der Waals surface area contributed by atoms with Gasteiger partial charge in [0, 0.05) is 6.61 Å². The summed E-state index contributed by atoms with van der Waals surface area (Å²) in [7, 11) is 0. The number of aliphatic hydroxyl groups excluding tert-OH is 1. The molecule has 0 aromatic rings. The summed E-state index contributed by atoms with van der Waals surface area (Å²) in [5.41, 5.74) is 0. The molecule has 2 fully saturated rings. The maximum absolute atomic E-state index is 9.57. The summed E-state index contributed by atoms with van der Waals surface area (Å²) < 4.78 is 5.22. The summed E-state index contributed by atoms with van der Waals surface area (Å²) >= 11 is 0. The van der Waals surface area contributed by atoms with E-state index in [2.05, 4.69) is 4.90 Å². The molecule has 0 saturated carbocycles. The molecule has 12 heavy (non-hydrogen) atoms. The monoisotopic (exact) mass is 171 g/mol. The van der Waals surface area contributed by atoms with Gasteiger partial charge in [-0.3, -0.25) is 4.90 Å². The van der Waals surface area contributed by atoms with E-state index < -0.39 is 6.29 Å². The molecule has 2 aliphatic rings. The standard InChI is InChI=1S/C9H17NO2/c11-9-8(4-3-7-12-9)10-5-1-2-6-10/h8-9,11H,1-7H2. The number of hydrogen-bond donors (Lipinski definition) is 1. The van der Waals surface area contributed by atoms with Crippen LogP contribution in [0.2, 0.25) is 0 Å². The highest BCUT2D eigenvalue weighted by atomic mass is 16.6. The average Bonchev–Trinajstić information content (AvgIpc) is 2.57. The quantitative estimate of drug-likeness (QED) is 0.626. The van der Waals surface area contributed by atoms with Gasteiger partial charge >= 0.3 is 0 Å². The van der Waals surface area contributed by atoms with Gasteiger partial charge in [-0.05, 0) is 38.8 Å². The first kappa shape index (κ1) is 8.48. The van der Waals surface area contributed by atoms with Crippen LogP contribution in [0.5, 0.6) is 0 Å². The van der Waals surface area contributed by atoms with E-state index in [9.17, 15) is 5.11 Å². The summed E-state index contributed by atoms with van der Waals surface area (Å²) in [5, 5.41) is 9.57. The van der Waals surface area contributed by atoms with Crippen LogP contribution in [0.1, 0.15) is 25.7 Å². The maximum atomic E-state index is 9.57. The molecule has 2 rings (SSSR count). The largest absolute Gasteiger partial charge is 0.367 e. The molecule has 0 bridgehead atoms.